The summed E-state index contributed by atoms with van der Waals surface area (Å²) in [5, 5.41) is 21.3. The lowest BCUT2D eigenvalue weighted by Gasteiger charge is -2.42. The highest BCUT2D eigenvalue weighted by atomic mass is 16.5. The van der Waals surface area contributed by atoms with E-state index in [0.717, 1.165) is 28.4 Å². The number of fused-ring (bicyclic) bond motifs is 2. The van der Waals surface area contributed by atoms with Crippen LogP contribution < -0.4 is 0 Å². The zero-order chi connectivity index (χ0) is 20.5. The van der Waals surface area contributed by atoms with Crippen LogP contribution in [0.15, 0.2) is 22.7 Å². The first-order valence-electron chi connectivity index (χ1n) is 7.93. The van der Waals surface area contributed by atoms with Gasteiger partial charge >= 0.3 is 23.9 Å². The molecule has 10 nitrogen and oxygen atoms in total. The van der Waals surface area contributed by atoms with Crippen LogP contribution in [0.25, 0.3) is 0 Å². The minimum absolute atomic E-state index is 0.0947. The number of aliphatic hydroxyl groups excluding tert-OH is 2. The van der Waals surface area contributed by atoms with Crippen LogP contribution in [0.4, 0.5) is 0 Å². The van der Waals surface area contributed by atoms with Crippen LogP contribution in [-0.4, -0.2) is 62.5 Å². The van der Waals surface area contributed by atoms with Crippen LogP contribution >= 0.6 is 0 Å². The van der Waals surface area contributed by atoms with E-state index in [1.54, 1.807) is 0 Å². The molecule has 148 valence electrons. The number of esters is 4. The Kier molecular flexibility index (Phi) is 5.77. The van der Waals surface area contributed by atoms with Crippen molar-refractivity contribution in [3.63, 3.8) is 0 Å². The van der Waals surface area contributed by atoms with Gasteiger partial charge in [-0.25, -0.2) is 9.59 Å². The highest BCUT2D eigenvalue weighted by molar-refractivity contribution is 5.99. The maximum absolute atomic E-state index is 12.3. The number of hydrogen-bond donors (Lipinski definition) is 2. The number of hydrogen-bond acceptors (Lipinski definition) is 10. The van der Waals surface area contributed by atoms with Crippen molar-refractivity contribution in [3.05, 3.63) is 22.7 Å². The van der Waals surface area contributed by atoms with Crippen molar-refractivity contribution in [1.29, 1.82) is 0 Å². The summed E-state index contributed by atoms with van der Waals surface area (Å²) in [7, 11) is 4.27. The molecule has 2 bridgehead atoms. The van der Waals surface area contributed by atoms with Crippen molar-refractivity contribution in [2.75, 3.05) is 28.4 Å². The number of aliphatic hydroxyl groups is 2. The molecule has 2 unspecified atom stereocenters. The SMILES string of the molecule is COC(=O)C1=C(O)C(C(=O)OC)C2CC1C(C(=O)OC)=C(O)C2C(=O)OC. The molecular weight excluding hydrogens is 364 g/mol. The Balaban J connectivity index is 2.79. The highest BCUT2D eigenvalue weighted by Gasteiger charge is 2.56. The molecule has 0 heterocycles. The van der Waals surface area contributed by atoms with Gasteiger partial charge in [-0.05, 0) is 6.42 Å². The third-order valence-electron chi connectivity index (χ3n) is 4.92. The number of carbonyl (C=O) groups excluding carboxylic acids is 4. The lowest BCUT2D eigenvalue weighted by molar-refractivity contribution is -0.155. The van der Waals surface area contributed by atoms with E-state index < -0.39 is 59.1 Å². The molecule has 2 rings (SSSR count). The summed E-state index contributed by atoms with van der Waals surface area (Å²) in [6, 6.07) is 0. The molecule has 0 amide bonds. The first-order valence-corrected chi connectivity index (χ1v) is 7.93. The second-order valence-corrected chi connectivity index (χ2v) is 6.03. The van der Waals surface area contributed by atoms with Crippen LogP contribution in [0.5, 0.6) is 0 Å². The molecule has 2 N–H and O–H groups in total. The fourth-order valence-electron chi connectivity index (χ4n) is 3.75. The predicted molar refractivity (Wildman–Crippen MR) is 86.0 cm³/mol. The van der Waals surface area contributed by atoms with Crippen LogP contribution in [0.2, 0.25) is 0 Å². The Morgan fingerprint density at radius 2 is 1.11 bits per heavy atom. The second-order valence-electron chi connectivity index (χ2n) is 6.03. The first-order chi connectivity index (χ1) is 12.7. The molecule has 27 heavy (non-hydrogen) atoms. The number of ether oxygens (including phenoxy) is 4. The molecule has 0 aromatic carbocycles. The van der Waals surface area contributed by atoms with E-state index in [-0.39, 0.29) is 17.6 Å². The van der Waals surface area contributed by atoms with Crippen LogP contribution in [0.3, 0.4) is 0 Å². The average molecular weight is 384 g/mol. The molecule has 10 heteroatoms. The first kappa shape index (κ1) is 20.3. The lowest BCUT2D eigenvalue weighted by atomic mass is 9.61. The number of carbonyl (C=O) groups is 4. The van der Waals surface area contributed by atoms with E-state index in [0.29, 0.717) is 0 Å². The Labute approximate surface area is 154 Å². The molecule has 0 radical (unpaired) electrons. The highest BCUT2D eigenvalue weighted by Crippen LogP contribution is 2.51. The van der Waals surface area contributed by atoms with E-state index in [4.69, 9.17) is 0 Å². The van der Waals surface area contributed by atoms with E-state index in [2.05, 4.69) is 18.9 Å². The van der Waals surface area contributed by atoms with Crippen molar-refractivity contribution in [2.45, 2.75) is 6.42 Å². The van der Waals surface area contributed by atoms with E-state index in [9.17, 15) is 29.4 Å². The van der Waals surface area contributed by atoms with Gasteiger partial charge in [0.15, 0.2) is 0 Å². The van der Waals surface area contributed by atoms with Gasteiger partial charge in [0.05, 0.1) is 39.6 Å². The molecule has 2 aliphatic rings. The standard InChI is InChI=1S/C17H20O10/c1-24-14(20)8-6-5-7(10(12(8)18)16(22)26-3)11(17(23)27-4)13(19)9(6)15(21)25-2/h6-9,18-19H,5H2,1-4H3. The Bertz CT molecular complexity index is 687. The van der Waals surface area contributed by atoms with Gasteiger partial charge in [-0.15, -0.1) is 0 Å². The fourth-order valence-corrected chi connectivity index (χ4v) is 3.75. The maximum Gasteiger partial charge on any atom is 0.337 e. The Morgan fingerprint density at radius 3 is 1.41 bits per heavy atom. The van der Waals surface area contributed by atoms with Crippen molar-refractivity contribution >= 4 is 23.9 Å². The third-order valence-corrected chi connectivity index (χ3v) is 4.92. The van der Waals surface area contributed by atoms with Crippen molar-refractivity contribution in [2.24, 2.45) is 23.7 Å². The van der Waals surface area contributed by atoms with Gasteiger partial charge in [-0.3, -0.25) is 9.59 Å². The van der Waals surface area contributed by atoms with Crippen molar-refractivity contribution in [3.8, 4) is 0 Å². The minimum atomic E-state index is -1.43. The average Bonchev–Trinajstić information content (AvgIpc) is 2.66. The van der Waals surface area contributed by atoms with E-state index in [1.165, 1.54) is 0 Å². The summed E-state index contributed by atoms with van der Waals surface area (Å²) in [5.74, 6) is -10.2. The zero-order valence-electron chi connectivity index (χ0n) is 15.2. The molecule has 2 atom stereocenters. The molecule has 0 fully saturated rings. The lowest BCUT2D eigenvalue weighted by Crippen LogP contribution is -2.47. The maximum atomic E-state index is 12.3. The molecule has 0 spiro atoms. The van der Waals surface area contributed by atoms with Gasteiger partial charge in [0.25, 0.3) is 0 Å². The van der Waals surface area contributed by atoms with Gasteiger partial charge in [0.1, 0.15) is 23.4 Å². The quantitative estimate of drug-likeness (QED) is 0.508. The summed E-state index contributed by atoms with van der Waals surface area (Å²) >= 11 is 0. The Morgan fingerprint density at radius 1 is 0.741 bits per heavy atom. The smallest absolute Gasteiger partial charge is 0.337 e. The van der Waals surface area contributed by atoms with Gasteiger partial charge in [-0.2, -0.15) is 0 Å². The molecular formula is C17H20O10. The van der Waals surface area contributed by atoms with Crippen molar-refractivity contribution < 1.29 is 48.3 Å². The Hall–Kier alpha value is -3.04. The molecule has 0 saturated heterocycles. The normalized spacial score (nSPS) is 27.0. The fraction of sp³-hybridized carbons (Fsp3) is 0.529. The van der Waals surface area contributed by atoms with Gasteiger partial charge < -0.3 is 29.2 Å². The predicted octanol–water partition coefficient (Wildman–Crippen LogP) is 0.185. The molecule has 0 aromatic rings. The summed E-state index contributed by atoms with van der Waals surface area (Å²) < 4.78 is 18.7. The topological polar surface area (TPSA) is 146 Å². The van der Waals surface area contributed by atoms with Crippen molar-refractivity contribution in [1.82, 2.24) is 0 Å². The molecule has 0 saturated carbocycles. The van der Waals surface area contributed by atoms with Crippen LogP contribution in [0, 0.1) is 23.7 Å². The second kappa shape index (κ2) is 7.68. The number of rotatable bonds is 4. The monoisotopic (exact) mass is 384 g/mol. The molecule has 0 aromatic heterocycles. The molecule has 2 aliphatic carbocycles. The molecule has 0 aliphatic heterocycles. The summed E-state index contributed by atoms with van der Waals surface area (Å²) in [5.41, 5.74) is -0.751. The van der Waals surface area contributed by atoms with E-state index in [1.807, 2.05) is 0 Å². The number of methoxy groups -OCH3 is 4. The third kappa shape index (κ3) is 3.11. The van der Waals surface area contributed by atoms with E-state index >= 15 is 0 Å². The summed E-state index contributed by atoms with van der Waals surface area (Å²) in [6.07, 6.45) is -0.0947. The van der Waals surface area contributed by atoms with Gasteiger partial charge in [-0.1, -0.05) is 0 Å². The largest absolute Gasteiger partial charge is 0.511 e. The van der Waals surface area contributed by atoms with Crippen LogP contribution in [-0.2, 0) is 38.1 Å². The summed E-state index contributed by atoms with van der Waals surface area (Å²) in [4.78, 5) is 49.0. The van der Waals surface area contributed by atoms with Gasteiger partial charge in [0.2, 0.25) is 0 Å². The summed E-state index contributed by atoms with van der Waals surface area (Å²) in [6.45, 7) is 0. The van der Waals surface area contributed by atoms with Gasteiger partial charge in [0, 0.05) is 11.8 Å². The van der Waals surface area contributed by atoms with Crippen LogP contribution in [0.1, 0.15) is 6.42 Å². The zero-order valence-corrected chi connectivity index (χ0v) is 15.2. The minimum Gasteiger partial charge on any atom is -0.511 e.